The Balaban J connectivity index is 1.55. The average molecular weight is 496 g/mol. The van der Waals surface area contributed by atoms with E-state index in [9.17, 15) is 22.4 Å². The van der Waals surface area contributed by atoms with Crippen LogP contribution in [0.15, 0.2) is 54.2 Å². The van der Waals surface area contributed by atoms with E-state index in [0.717, 1.165) is 18.2 Å². The summed E-state index contributed by atoms with van der Waals surface area (Å²) in [5.74, 6) is -0.794. The minimum Gasteiger partial charge on any atom is -0.342 e. The summed E-state index contributed by atoms with van der Waals surface area (Å²) in [4.78, 5) is 21.2. The van der Waals surface area contributed by atoms with Gasteiger partial charge in [-0.1, -0.05) is 11.6 Å². The molecule has 0 saturated carbocycles. The van der Waals surface area contributed by atoms with Crippen LogP contribution in [0.1, 0.15) is 34.7 Å². The standard InChI is InChI=1S/C21H14ClF4N5OS/c1-11(29-19(32)13-6-14(21(24,25)26)8-15(22)7-13)18-27-10-28-31(18)20-30-17(9-33-20)12-2-4-16(23)5-3-12/h2-11H,1H3,(H,29,32)/t11-/m0/s1. The largest absolute Gasteiger partial charge is 0.416 e. The fourth-order valence-electron chi connectivity index (χ4n) is 3.04. The van der Waals surface area contributed by atoms with Crippen LogP contribution in [-0.2, 0) is 6.18 Å². The summed E-state index contributed by atoms with van der Waals surface area (Å²) >= 11 is 7.03. The predicted molar refractivity (Wildman–Crippen MR) is 115 cm³/mol. The molecule has 1 amide bonds. The van der Waals surface area contributed by atoms with E-state index in [0.29, 0.717) is 22.2 Å². The highest BCUT2D eigenvalue weighted by Gasteiger charge is 2.32. The molecule has 6 nitrogen and oxygen atoms in total. The van der Waals surface area contributed by atoms with Crippen molar-refractivity contribution >= 4 is 28.8 Å². The normalized spacial score (nSPS) is 12.5. The van der Waals surface area contributed by atoms with Crippen LogP contribution in [0.5, 0.6) is 0 Å². The molecule has 0 radical (unpaired) electrons. The van der Waals surface area contributed by atoms with Crippen molar-refractivity contribution in [1.82, 2.24) is 25.1 Å². The topological polar surface area (TPSA) is 72.7 Å². The van der Waals surface area contributed by atoms with Crippen LogP contribution in [0, 0.1) is 5.82 Å². The van der Waals surface area contributed by atoms with E-state index in [1.165, 1.54) is 34.5 Å². The molecule has 170 valence electrons. The first-order valence-corrected chi connectivity index (χ1v) is 10.7. The highest BCUT2D eigenvalue weighted by Crippen LogP contribution is 2.32. The van der Waals surface area contributed by atoms with Crippen LogP contribution >= 0.6 is 22.9 Å². The second-order valence-electron chi connectivity index (χ2n) is 6.97. The number of nitrogens with one attached hydrogen (secondary N) is 1. The molecular weight excluding hydrogens is 482 g/mol. The Morgan fingerprint density at radius 3 is 2.61 bits per heavy atom. The van der Waals surface area contributed by atoms with Crippen LogP contribution in [0.2, 0.25) is 5.02 Å². The summed E-state index contributed by atoms with van der Waals surface area (Å²) < 4.78 is 53.7. The summed E-state index contributed by atoms with van der Waals surface area (Å²) in [7, 11) is 0. The first kappa shape index (κ1) is 22.9. The molecule has 0 fully saturated rings. The van der Waals surface area contributed by atoms with Crippen LogP contribution in [0.3, 0.4) is 0 Å². The molecule has 1 N–H and O–H groups in total. The maximum Gasteiger partial charge on any atom is 0.416 e. The summed E-state index contributed by atoms with van der Waals surface area (Å²) in [5.41, 5.74) is 0.0581. The minimum atomic E-state index is -4.64. The number of hydrogen-bond donors (Lipinski definition) is 1. The number of carbonyl (C=O) groups is 1. The summed E-state index contributed by atoms with van der Waals surface area (Å²) in [5, 5.41) is 8.76. The zero-order valence-corrected chi connectivity index (χ0v) is 18.3. The third-order valence-corrected chi connectivity index (χ3v) is 5.64. The van der Waals surface area contributed by atoms with Gasteiger partial charge in [-0.3, -0.25) is 4.79 Å². The van der Waals surface area contributed by atoms with Gasteiger partial charge in [0.2, 0.25) is 5.13 Å². The van der Waals surface area contributed by atoms with Crippen molar-refractivity contribution < 1.29 is 22.4 Å². The van der Waals surface area contributed by atoms with Gasteiger partial charge in [0.1, 0.15) is 12.1 Å². The van der Waals surface area contributed by atoms with Crippen molar-refractivity contribution in [2.45, 2.75) is 19.1 Å². The molecule has 0 aliphatic carbocycles. The van der Waals surface area contributed by atoms with Gasteiger partial charge in [-0.2, -0.15) is 23.0 Å². The van der Waals surface area contributed by atoms with Crippen LogP contribution in [0.4, 0.5) is 17.6 Å². The van der Waals surface area contributed by atoms with Crippen molar-refractivity contribution in [2.24, 2.45) is 0 Å². The Labute approximate surface area is 193 Å². The molecule has 2 heterocycles. The van der Waals surface area contributed by atoms with Crippen molar-refractivity contribution in [3.05, 3.63) is 82.0 Å². The van der Waals surface area contributed by atoms with E-state index >= 15 is 0 Å². The Bertz CT molecular complexity index is 1300. The molecule has 0 spiro atoms. The van der Waals surface area contributed by atoms with Gasteiger partial charge in [-0.15, -0.1) is 11.3 Å². The van der Waals surface area contributed by atoms with Crippen LogP contribution in [-0.4, -0.2) is 25.7 Å². The molecule has 1 atom stereocenters. The number of amides is 1. The van der Waals surface area contributed by atoms with Crippen molar-refractivity contribution in [2.75, 3.05) is 0 Å². The maximum atomic E-state index is 13.2. The number of hydrogen-bond acceptors (Lipinski definition) is 5. The lowest BCUT2D eigenvalue weighted by Gasteiger charge is -2.15. The number of halogens is 5. The third kappa shape index (κ3) is 5.04. The highest BCUT2D eigenvalue weighted by atomic mass is 35.5. The second-order valence-corrected chi connectivity index (χ2v) is 8.25. The first-order chi connectivity index (χ1) is 15.6. The molecule has 2 aromatic heterocycles. The zero-order valence-electron chi connectivity index (χ0n) is 16.8. The predicted octanol–water partition coefficient (Wildman–Crippen LogP) is 5.69. The number of carbonyl (C=O) groups excluding carboxylic acids is 1. The number of aromatic nitrogens is 4. The summed E-state index contributed by atoms with van der Waals surface area (Å²) in [6.45, 7) is 1.61. The van der Waals surface area contributed by atoms with Crippen molar-refractivity contribution in [1.29, 1.82) is 0 Å². The van der Waals surface area contributed by atoms with E-state index in [-0.39, 0.29) is 16.4 Å². The van der Waals surface area contributed by atoms with E-state index < -0.39 is 23.7 Å². The molecule has 4 aromatic rings. The van der Waals surface area contributed by atoms with E-state index in [1.807, 2.05) is 0 Å². The maximum absolute atomic E-state index is 13.2. The lowest BCUT2D eigenvalue weighted by atomic mass is 10.1. The Morgan fingerprint density at radius 2 is 1.91 bits per heavy atom. The molecule has 2 aromatic carbocycles. The van der Waals surface area contributed by atoms with Gasteiger partial charge in [-0.05, 0) is 49.4 Å². The van der Waals surface area contributed by atoms with Gasteiger partial charge in [0.05, 0.1) is 17.3 Å². The number of benzene rings is 2. The van der Waals surface area contributed by atoms with Crippen LogP contribution in [0.25, 0.3) is 16.4 Å². The lowest BCUT2D eigenvalue weighted by molar-refractivity contribution is -0.137. The number of thiazole rings is 1. The molecule has 0 aliphatic heterocycles. The van der Waals surface area contributed by atoms with Gasteiger partial charge in [-0.25, -0.2) is 14.4 Å². The lowest BCUT2D eigenvalue weighted by Crippen LogP contribution is -2.29. The van der Waals surface area contributed by atoms with Gasteiger partial charge in [0.25, 0.3) is 5.91 Å². The molecule has 33 heavy (non-hydrogen) atoms. The van der Waals surface area contributed by atoms with E-state index in [2.05, 4.69) is 20.4 Å². The monoisotopic (exact) mass is 495 g/mol. The minimum absolute atomic E-state index is 0.207. The average Bonchev–Trinajstić information content (AvgIpc) is 3.43. The second kappa shape index (κ2) is 8.91. The van der Waals surface area contributed by atoms with Gasteiger partial charge in [0, 0.05) is 21.5 Å². The highest BCUT2D eigenvalue weighted by molar-refractivity contribution is 7.12. The molecule has 4 rings (SSSR count). The number of nitrogens with zero attached hydrogens (tertiary/aromatic N) is 4. The molecule has 12 heteroatoms. The van der Waals surface area contributed by atoms with Crippen LogP contribution < -0.4 is 5.32 Å². The summed E-state index contributed by atoms with van der Waals surface area (Å²) in [6, 6.07) is 7.76. The zero-order chi connectivity index (χ0) is 23.8. The Hall–Kier alpha value is -3.31. The molecule has 0 unspecified atom stereocenters. The molecule has 0 bridgehead atoms. The first-order valence-electron chi connectivity index (χ1n) is 9.42. The number of alkyl halides is 3. The fraction of sp³-hybridized carbons (Fsp3) is 0.143. The molecule has 0 saturated heterocycles. The molecule has 0 aliphatic rings. The smallest absolute Gasteiger partial charge is 0.342 e. The van der Waals surface area contributed by atoms with Crippen molar-refractivity contribution in [3.63, 3.8) is 0 Å². The summed E-state index contributed by atoms with van der Waals surface area (Å²) in [6.07, 6.45) is -3.36. The Kier molecular flexibility index (Phi) is 6.17. The fourth-order valence-corrected chi connectivity index (χ4v) is 4.07. The van der Waals surface area contributed by atoms with E-state index in [1.54, 1.807) is 24.4 Å². The van der Waals surface area contributed by atoms with Gasteiger partial charge >= 0.3 is 6.18 Å². The van der Waals surface area contributed by atoms with Crippen molar-refractivity contribution in [3.8, 4) is 16.4 Å². The number of rotatable bonds is 5. The SMILES string of the molecule is C[C@H](NC(=O)c1cc(Cl)cc(C(F)(F)F)c1)c1ncnn1-c1nc(-c2ccc(F)cc2)cs1. The van der Waals surface area contributed by atoms with Gasteiger partial charge < -0.3 is 5.32 Å². The van der Waals surface area contributed by atoms with Gasteiger partial charge in [0.15, 0.2) is 5.82 Å². The quantitative estimate of drug-likeness (QED) is 0.361. The third-order valence-electron chi connectivity index (χ3n) is 4.61. The van der Waals surface area contributed by atoms with E-state index in [4.69, 9.17) is 11.6 Å². The molecular formula is C21H14ClF4N5OS. The Morgan fingerprint density at radius 1 is 1.18 bits per heavy atom.